The van der Waals surface area contributed by atoms with Crippen LogP contribution >= 0.6 is 24.8 Å². The Hall–Kier alpha value is -1.95. The molecule has 0 radical (unpaired) electrons. The first-order valence-corrected chi connectivity index (χ1v) is 8.06. The second-order valence-electron chi connectivity index (χ2n) is 5.80. The molecule has 13 heteroatoms. The van der Waals surface area contributed by atoms with Gasteiger partial charge < -0.3 is 10.6 Å². The Bertz CT molecular complexity index is 722. The number of hydrogen-bond donors (Lipinski definition) is 2. The summed E-state index contributed by atoms with van der Waals surface area (Å²) in [6, 6.07) is 1.31. The van der Waals surface area contributed by atoms with Gasteiger partial charge in [0.2, 0.25) is 0 Å². The van der Waals surface area contributed by atoms with E-state index >= 15 is 0 Å². The first-order chi connectivity index (χ1) is 12.4. The highest BCUT2D eigenvalue weighted by molar-refractivity contribution is 5.93. The zero-order valence-corrected chi connectivity index (χ0v) is 16.2. The van der Waals surface area contributed by atoms with E-state index < -0.39 is 24.7 Å². The summed E-state index contributed by atoms with van der Waals surface area (Å²) in [5, 5.41) is 9.28. The van der Waals surface area contributed by atoms with E-state index in [1.54, 1.807) is 6.07 Å². The highest BCUT2D eigenvalue weighted by atomic mass is 35.5. The number of piperazine rings is 1. The number of nitrogens with zero attached hydrogens (tertiary/aromatic N) is 5. The molecule has 1 atom stereocenters. The topological polar surface area (TPSA) is 88.0 Å². The van der Waals surface area contributed by atoms with E-state index in [1.807, 2.05) is 0 Å². The summed E-state index contributed by atoms with van der Waals surface area (Å²) in [5.74, 6) is -0.153. The zero-order chi connectivity index (χ0) is 18.6. The summed E-state index contributed by atoms with van der Waals surface area (Å²) in [6.45, 7) is 1.05. The number of carbonyl (C=O) groups is 1. The van der Waals surface area contributed by atoms with Crippen molar-refractivity contribution in [1.82, 2.24) is 35.3 Å². The Balaban J connectivity index is 0.00000196. The molecular weight excluding hydrogens is 422 g/mol. The molecule has 0 spiro atoms. The molecule has 3 heterocycles. The minimum absolute atomic E-state index is 0. The Morgan fingerprint density at radius 2 is 1.96 bits per heavy atom. The van der Waals surface area contributed by atoms with Gasteiger partial charge in [-0.25, -0.2) is 14.6 Å². The second-order valence-corrected chi connectivity index (χ2v) is 5.80. The molecule has 1 unspecified atom stereocenters. The summed E-state index contributed by atoms with van der Waals surface area (Å²) in [5.41, 5.74) is 0.176. The van der Waals surface area contributed by atoms with Crippen molar-refractivity contribution in [2.24, 2.45) is 0 Å². The smallest absolute Gasteiger partial charge is 0.350 e. The van der Waals surface area contributed by atoms with Crippen molar-refractivity contribution in [3.63, 3.8) is 0 Å². The maximum absolute atomic E-state index is 13.3. The molecule has 0 bridgehead atoms. The van der Waals surface area contributed by atoms with Gasteiger partial charge in [-0.15, -0.1) is 24.8 Å². The van der Waals surface area contributed by atoms with E-state index in [4.69, 9.17) is 0 Å². The number of alkyl halides is 3. The number of nitrogens with one attached hydrogen (secondary N) is 2. The molecule has 3 rings (SSSR count). The standard InChI is InChI=1S/C15H18F3N7O.2ClH/c16-15(17,18)12(24-5-3-19-4-6-24)8-22-14(26)11-1-2-13(21-7-11)25-10-20-9-23-25;;/h1-2,7,9-10,12,19H,3-6,8H2,(H,22,26);2*1H. The zero-order valence-electron chi connectivity index (χ0n) is 14.6. The van der Waals surface area contributed by atoms with Crippen molar-refractivity contribution in [1.29, 1.82) is 0 Å². The minimum atomic E-state index is -4.42. The van der Waals surface area contributed by atoms with E-state index in [0.29, 0.717) is 18.9 Å². The lowest BCUT2D eigenvalue weighted by Gasteiger charge is -2.35. The van der Waals surface area contributed by atoms with Crippen LogP contribution in [0.1, 0.15) is 10.4 Å². The fourth-order valence-electron chi connectivity index (χ4n) is 2.72. The van der Waals surface area contributed by atoms with E-state index in [9.17, 15) is 18.0 Å². The molecule has 1 aliphatic rings. The summed E-state index contributed by atoms with van der Waals surface area (Å²) in [6.07, 6.45) is -0.335. The van der Waals surface area contributed by atoms with Gasteiger partial charge in [0.1, 0.15) is 18.7 Å². The van der Waals surface area contributed by atoms with Crippen LogP contribution in [0.3, 0.4) is 0 Å². The first kappa shape index (κ1) is 24.1. The minimum Gasteiger partial charge on any atom is -0.350 e. The SMILES string of the molecule is Cl.Cl.O=C(NCC(N1CCNCC1)C(F)(F)F)c1ccc(-n2cncn2)nc1. The second kappa shape index (κ2) is 10.6. The molecule has 28 heavy (non-hydrogen) atoms. The van der Waals surface area contributed by atoms with Gasteiger partial charge in [0, 0.05) is 38.9 Å². The van der Waals surface area contributed by atoms with Crippen LogP contribution in [-0.2, 0) is 0 Å². The fourth-order valence-corrected chi connectivity index (χ4v) is 2.72. The molecule has 2 N–H and O–H groups in total. The third-order valence-electron chi connectivity index (χ3n) is 4.09. The van der Waals surface area contributed by atoms with E-state index in [2.05, 4.69) is 25.7 Å². The van der Waals surface area contributed by atoms with Gasteiger partial charge in [0.25, 0.3) is 5.91 Å². The third-order valence-corrected chi connectivity index (χ3v) is 4.09. The van der Waals surface area contributed by atoms with Crippen molar-refractivity contribution in [2.75, 3.05) is 32.7 Å². The molecular formula is C15H20Cl2F3N7O. The molecule has 1 amide bonds. The molecule has 8 nitrogen and oxygen atoms in total. The molecule has 1 saturated heterocycles. The molecule has 156 valence electrons. The van der Waals surface area contributed by atoms with E-state index in [0.717, 1.165) is 0 Å². The van der Waals surface area contributed by atoms with Gasteiger partial charge in [-0.1, -0.05) is 0 Å². The van der Waals surface area contributed by atoms with Crippen LogP contribution in [0.2, 0.25) is 0 Å². The van der Waals surface area contributed by atoms with E-state index in [1.165, 1.54) is 34.5 Å². The number of amides is 1. The van der Waals surface area contributed by atoms with Crippen molar-refractivity contribution >= 4 is 30.7 Å². The molecule has 2 aromatic heterocycles. The van der Waals surface area contributed by atoms with Crippen LogP contribution in [-0.4, -0.2) is 75.5 Å². The predicted octanol–water partition coefficient (Wildman–Crippen LogP) is 1.07. The first-order valence-electron chi connectivity index (χ1n) is 8.06. The number of pyridine rings is 1. The van der Waals surface area contributed by atoms with Gasteiger partial charge in [0.05, 0.1) is 5.56 Å². The fraction of sp³-hybridized carbons (Fsp3) is 0.467. The largest absolute Gasteiger partial charge is 0.405 e. The van der Waals surface area contributed by atoms with Crippen molar-refractivity contribution in [2.45, 2.75) is 12.2 Å². The van der Waals surface area contributed by atoms with Crippen molar-refractivity contribution < 1.29 is 18.0 Å². The number of aromatic nitrogens is 4. The van der Waals surface area contributed by atoms with Gasteiger partial charge in [-0.2, -0.15) is 18.3 Å². The summed E-state index contributed by atoms with van der Waals surface area (Å²) >= 11 is 0. The molecule has 2 aromatic rings. The molecule has 0 saturated carbocycles. The van der Waals surface area contributed by atoms with Gasteiger partial charge >= 0.3 is 6.18 Å². The lowest BCUT2D eigenvalue weighted by atomic mass is 10.2. The van der Waals surface area contributed by atoms with E-state index in [-0.39, 0.29) is 43.5 Å². The normalized spacial score (nSPS) is 15.8. The summed E-state index contributed by atoms with van der Waals surface area (Å²) < 4.78 is 41.4. The average Bonchev–Trinajstić information content (AvgIpc) is 3.16. The number of hydrogen-bond acceptors (Lipinski definition) is 6. The Labute approximate surface area is 171 Å². The Morgan fingerprint density at radius 1 is 1.25 bits per heavy atom. The highest BCUT2D eigenvalue weighted by Crippen LogP contribution is 2.24. The lowest BCUT2D eigenvalue weighted by molar-refractivity contribution is -0.183. The highest BCUT2D eigenvalue weighted by Gasteiger charge is 2.43. The number of carbonyl (C=O) groups excluding carboxylic acids is 1. The van der Waals surface area contributed by atoms with Gasteiger partial charge in [-0.3, -0.25) is 9.69 Å². The van der Waals surface area contributed by atoms with Crippen LogP contribution in [0.5, 0.6) is 0 Å². The predicted molar refractivity (Wildman–Crippen MR) is 100 cm³/mol. The quantitative estimate of drug-likeness (QED) is 0.721. The van der Waals surface area contributed by atoms with Crippen LogP contribution in [0.25, 0.3) is 5.82 Å². The van der Waals surface area contributed by atoms with Gasteiger partial charge in [-0.05, 0) is 12.1 Å². The van der Waals surface area contributed by atoms with Gasteiger partial charge in [0.15, 0.2) is 5.82 Å². The molecule has 0 aliphatic carbocycles. The Morgan fingerprint density at radius 3 is 2.50 bits per heavy atom. The van der Waals surface area contributed by atoms with Crippen LogP contribution in [0.4, 0.5) is 13.2 Å². The third kappa shape index (κ3) is 6.03. The maximum Gasteiger partial charge on any atom is 0.405 e. The van der Waals surface area contributed by atoms with Crippen LogP contribution in [0, 0.1) is 0 Å². The monoisotopic (exact) mass is 441 g/mol. The van der Waals surface area contributed by atoms with Crippen molar-refractivity contribution in [3.05, 3.63) is 36.5 Å². The molecule has 1 fully saturated rings. The lowest BCUT2D eigenvalue weighted by Crippen LogP contribution is -2.57. The average molecular weight is 442 g/mol. The number of rotatable bonds is 5. The Kier molecular flexibility index (Phi) is 9.08. The van der Waals surface area contributed by atoms with Crippen molar-refractivity contribution in [3.8, 4) is 5.82 Å². The summed E-state index contributed by atoms with van der Waals surface area (Å²) in [7, 11) is 0. The maximum atomic E-state index is 13.3. The number of halogens is 5. The van der Waals surface area contributed by atoms with Crippen LogP contribution < -0.4 is 10.6 Å². The summed E-state index contributed by atoms with van der Waals surface area (Å²) in [4.78, 5) is 21.4. The molecule has 1 aliphatic heterocycles. The van der Waals surface area contributed by atoms with Crippen LogP contribution in [0.15, 0.2) is 31.0 Å². The molecule has 0 aromatic carbocycles.